The van der Waals surface area contributed by atoms with E-state index in [2.05, 4.69) is 21.7 Å². The highest BCUT2D eigenvalue weighted by atomic mass is 16.5. The van der Waals surface area contributed by atoms with Gasteiger partial charge in [-0.3, -0.25) is 0 Å². The van der Waals surface area contributed by atoms with E-state index in [1.54, 1.807) is 19.6 Å². The first kappa shape index (κ1) is 14.5. The van der Waals surface area contributed by atoms with Gasteiger partial charge in [0.15, 0.2) is 5.65 Å². The van der Waals surface area contributed by atoms with Crippen molar-refractivity contribution in [2.45, 2.75) is 13.0 Å². The summed E-state index contributed by atoms with van der Waals surface area (Å²) < 4.78 is 12.8. The lowest BCUT2D eigenvalue weighted by Gasteiger charge is -2.08. The fraction of sp³-hybridized carbons (Fsp3) is 0.158. The van der Waals surface area contributed by atoms with Crippen LogP contribution in [0.1, 0.15) is 17.1 Å². The van der Waals surface area contributed by atoms with E-state index in [0.29, 0.717) is 6.54 Å². The van der Waals surface area contributed by atoms with Gasteiger partial charge in [-0.05, 0) is 42.0 Å². The zero-order valence-corrected chi connectivity index (χ0v) is 13.3. The molecule has 0 spiro atoms. The van der Waals surface area contributed by atoms with Crippen molar-refractivity contribution in [3.05, 3.63) is 78.1 Å². The number of pyridine rings is 1. The molecular weight excluding hydrogens is 302 g/mol. The predicted octanol–water partition coefficient (Wildman–Crippen LogP) is 3.67. The second-order valence-electron chi connectivity index (χ2n) is 5.56. The van der Waals surface area contributed by atoms with E-state index >= 15 is 0 Å². The molecule has 24 heavy (non-hydrogen) atoms. The summed E-state index contributed by atoms with van der Waals surface area (Å²) >= 11 is 0. The van der Waals surface area contributed by atoms with Crippen molar-refractivity contribution in [1.29, 1.82) is 0 Å². The summed E-state index contributed by atoms with van der Waals surface area (Å²) in [6.45, 7) is 0.617. The second-order valence-corrected chi connectivity index (χ2v) is 5.56. The van der Waals surface area contributed by atoms with Crippen molar-refractivity contribution in [2.24, 2.45) is 0 Å². The first-order valence-electron chi connectivity index (χ1n) is 7.79. The van der Waals surface area contributed by atoms with E-state index in [1.807, 2.05) is 36.4 Å². The molecule has 3 heterocycles. The molecule has 0 aliphatic rings. The highest BCUT2D eigenvalue weighted by molar-refractivity contribution is 5.71. The van der Waals surface area contributed by atoms with Gasteiger partial charge in [0.2, 0.25) is 0 Å². The fourth-order valence-electron chi connectivity index (χ4n) is 2.79. The van der Waals surface area contributed by atoms with Gasteiger partial charge < -0.3 is 13.7 Å². The van der Waals surface area contributed by atoms with Crippen molar-refractivity contribution < 1.29 is 9.15 Å². The molecule has 0 aliphatic carbocycles. The molecule has 0 N–H and O–H groups in total. The number of hydrogen-bond acceptors (Lipinski definition) is 4. The minimum Gasteiger partial charge on any atom is -0.497 e. The van der Waals surface area contributed by atoms with Gasteiger partial charge >= 0.3 is 0 Å². The molecule has 1 aromatic carbocycles. The van der Waals surface area contributed by atoms with Gasteiger partial charge in [0, 0.05) is 12.6 Å². The van der Waals surface area contributed by atoms with E-state index in [9.17, 15) is 0 Å². The summed E-state index contributed by atoms with van der Waals surface area (Å²) in [5.41, 5.74) is 2.94. The van der Waals surface area contributed by atoms with Crippen LogP contribution >= 0.6 is 0 Å². The Balaban J connectivity index is 1.72. The van der Waals surface area contributed by atoms with Gasteiger partial charge in [0.05, 0.1) is 19.9 Å². The van der Waals surface area contributed by atoms with Crippen LogP contribution in [-0.2, 0) is 13.0 Å². The molecule has 3 aromatic heterocycles. The van der Waals surface area contributed by atoms with Crippen LogP contribution < -0.4 is 4.74 Å². The summed E-state index contributed by atoms with van der Waals surface area (Å²) in [4.78, 5) is 9.25. The van der Waals surface area contributed by atoms with E-state index < -0.39 is 0 Å². The molecule has 5 heteroatoms. The third-order valence-electron chi connectivity index (χ3n) is 4.00. The Morgan fingerprint density at radius 3 is 2.71 bits per heavy atom. The number of hydrogen-bond donors (Lipinski definition) is 0. The number of ether oxygens (including phenoxy) is 1. The van der Waals surface area contributed by atoms with Crippen LogP contribution in [0.2, 0.25) is 0 Å². The van der Waals surface area contributed by atoms with Crippen molar-refractivity contribution in [2.75, 3.05) is 7.11 Å². The first-order chi connectivity index (χ1) is 11.8. The largest absolute Gasteiger partial charge is 0.497 e. The first-order valence-corrected chi connectivity index (χ1v) is 7.79. The third-order valence-corrected chi connectivity index (χ3v) is 4.00. The number of rotatable bonds is 5. The molecule has 0 saturated carbocycles. The van der Waals surface area contributed by atoms with Gasteiger partial charge in [0.25, 0.3) is 0 Å². The Kier molecular flexibility index (Phi) is 3.75. The Bertz CT molecular complexity index is 941. The number of fused-ring (bicyclic) bond motifs is 1. The lowest BCUT2D eigenvalue weighted by atomic mass is 10.1. The molecular formula is C19H17N3O2. The molecule has 120 valence electrons. The molecule has 0 saturated heterocycles. The Morgan fingerprint density at radius 2 is 1.96 bits per heavy atom. The number of aromatic nitrogens is 3. The minimum atomic E-state index is 0.617. The van der Waals surface area contributed by atoms with Crippen LogP contribution in [0.25, 0.3) is 11.2 Å². The third kappa shape index (κ3) is 2.76. The van der Waals surface area contributed by atoms with E-state index in [-0.39, 0.29) is 0 Å². The smallest absolute Gasteiger partial charge is 0.160 e. The van der Waals surface area contributed by atoms with Crippen LogP contribution in [0, 0.1) is 0 Å². The van der Waals surface area contributed by atoms with Crippen LogP contribution in [0.15, 0.2) is 65.4 Å². The zero-order valence-electron chi connectivity index (χ0n) is 13.3. The monoisotopic (exact) mass is 319 g/mol. The van der Waals surface area contributed by atoms with E-state index in [0.717, 1.165) is 34.9 Å². The summed E-state index contributed by atoms with van der Waals surface area (Å²) in [7, 11) is 1.67. The minimum absolute atomic E-state index is 0.617. The maximum atomic E-state index is 5.50. The molecule has 5 nitrogen and oxygen atoms in total. The summed E-state index contributed by atoms with van der Waals surface area (Å²) in [6.07, 6.45) is 4.20. The van der Waals surface area contributed by atoms with Crippen LogP contribution in [-0.4, -0.2) is 21.6 Å². The van der Waals surface area contributed by atoms with Crippen molar-refractivity contribution in [3.8, 4) is 5.75 Å². The summed E-state index contributed by atoms with van der Waals surface area (Å²) in [5, 5.41) is 0. The highest BCUT2D eigenvalue weighted by Crippen LogP contribution is 2.20. The predicted molar refractivity (Wildman–Crippen MR) is 91.1 cm³/mol. The molecule has 0 radical (unpaired) electrons. The number of nitrogens with zero attached hydrogens (tertiary/aromatic N) is 3. The average molecular weight is 319 g/mol. The van der Waals surface area contributed by atoms with Crippen LogP contribution in [0.5, 0.6) is 5.75 Å². The molecule has 4 rings (SSSR count). The molecule has 0 bridgehead atoms. The van der Waals surface area contributed by atoms with Crippen molar-refractivity contribution in [3.63, 3.8) is 0 Å². The van der Waals surface area contributed by atoms with Crippen molar-refractivity contribution in [1.82, 2.24) is 14.5 Å². The average Bonchev–Trinajstić information content (AvgIpc) is 3.25. The quantitative estimate of drug-likeness (QED) is 0.563. The zero-order chi connectivity index (χ0) is 16.4. The van der Waals surface area contributed by atoms with Crippen molar-refractivity contribution >= 4 is 11.2 Å². The second kappa shape index (κ2) is 6.20. The highest BCUT2D eigenvalue weighted by Gasteiger charge is 2.13. The number of methoxy groups -OCH3 is 1. The van der Waals surface area contributed by atoms with E-state index in [1.165, 1.54) is 5.56 Å². The maximum Gasteiger partial charge on any atom is 0.160 e. The summed E-state index contributed by atoms with van der Waals surface area (Å²) in [5.74, 6) is 2.70. The molecule has 0 amide bonds. The molecule has 0 unspecified atom stereocenters. The van der Waals surface area contributed by atoms with Gasteiger partial charge in [-0.2, -0.15) is 0 Å². The molecule has 0 atom stereocenters. The standard InChI is InChI=1S/C19H17N3O2/c1-23-15-8-6-14(7-9-15)12-18-21-17-5-2-10-20-19(17)22(18)13-16-4-3-11-24-16/h2-11H,12-13H2,1H3. The Labute approximate surface area is 139 Å². The number of benzene rings is 1. The van der Waals surface area contributed by atoms with Crippen LogP contribution in [0.3, 0.4) is 0 Å². The van der Waals surface area contributed by atoms with E-state index in [4.69, 9.17) is 14.1 Å². The van der Waals surface area contributed by atoms with Gasteiger partial charge in [-0.25, -0.2) is 9.97 Å². The van der Waals surface area contributed by atoms with Gasteiger partial charge in [-0.15, -0.1) is 0 Å². The molecule has 0 fully saturated rings. The number of furan rings is 1. The lowest BCUT2D eigenvalue weighted by Crippen LogP contribution is -2.06. The summed E-state index contributed by atoms with van der Waals surface area (Å²) in [6, 6.07) is 15.8. The van der Waals surface area contributed by atoms with Crippen LogP contribution in [0.4, 0.5) is 0 Å². The normalized spacial score (nSPS) is 11.0. The van der Waals surface area contributed by atoms with Gasteiger partial charge in [0.1, 0.15) is 22.9 Å². The molecule has 0 aliphatic heterocycles. The number of imidazole rings is 1. The lowest BCUT2D eigenvalue weighted by molar-refractivity contribution is 0.414. The topological polar surface area (TPSA) is 53.1 Å². The Hall–Kier alpha value is -3.08. The van der Waals surface area contributed by atoms with Gasteiger partial charge in [-0.1, -0.05) is 12.1 Å². The maximum absolute atomic E-state index is 5.50. The fourth-order valence-corrected chi connectivity index (χ4v) is 2.79. The Morgan fingerprint density at radius 1 is 1.08 bits per heavy atom. The molecule has 4 aromatic rings. The SMILES string of the molecule is COc1ccc(Cc2nc3cccnc3n2Cc2ccco2)cc1.